The molecule has 2 aliphatic heterocycles. The summed E-state index contributed by atoms with van der Waals surface area (Å²) in [7, 11) is 9.54. The van der Waals surface area contributed by atoms with Crippen LogP contribution in [0.5, 0.6) is 0 Å². The number of rotatable bonds is 0. The van der Waals surface area contributed by atoms with Gasteiger partial charge in [0, 0.05) is 0 Å². The van der Waals surface area contributed by atoms with E-state index in [9.17, 15) is 0 Å². The molecule has 64 valence electrons. The predicted molar refractivity (Wildman–Crippen MR) is 64.8 cm³/mol. The quantitative estimate of drug-likeness (QED) is 0.625. The van der Waals surface area contributed by atoms with Crippen LogP contribution in [0, 0.1) is 0 Å². The topological polar surface area (TPSA) is 0 Å². The monoisotopic (exact) mass is 332 g/mol. The maximum atomic E-state index is 2.39. The summed E-state index contributed by atoms with van der Waals surface area (Å²) in [6.07, 6.45) is 2.93. The summed E-state index contributed by atoms with van der Waals surface area (Å²) in [6, 6.07) is 0. The van der Waals surface area contributed by atoms with Gasteiger partial charge in [0.2, 0.25) is 0 Å². The first-order chi connectivity index (χ1) is 5.41. The molecular weight excluding hydrogens is 319 g/mol. The fourth-order valence-electron chi connectivity index (χ4n) is 1.16. The summed E-state index contributed by atoms with van der Waals surface area (Å²) in [5.74, 6) is 5.90. The molecule has 0 bridgehead atoms. The fourth-order valence-corrected chi connectivity index (χ4v) is 52.2. The zero-order chi connectivity index (χ0) is 7.57. The minimum absolute atomic E-state index is 1.47. The Morgan fingerprint density at radius 3 is 1.36 bits per heavy atom. The Labute approximate surface area is 83.5 Å². The van der Waals surface area contributed by atoms with Crippen molar-refractivity contribution in [1.29, 1.82) is 0 Å². The van der Waals surface area contributed by atoms with Gasteiger partial charge in [-0.1, -0.05) is 0 Å². The molecule has 0 N–H and O–H groups in total. The van der Waals surface area contributed by atoms with Gasteiger partial charge in [0.05, 0.1) is 0 Å². The van der Waals surface area contributed by atoms with Gasteiger partial charge in [-0.2, -0.15) is 0 Å². The number of hydrogen-bond acceptors (Lipinski definition) is 4. The van der Waals surface area contributed by atoms with Gasteiger partial charge in [0.25, 0.3) is 0 Å². The van der Waals surface area contributed by atoms with Crippen LogP contribution in [0.25, 0.3) is 0 Å². The van der Waals surface area contributed by atoms with Crippen molar-refractivity contribution in [3.8, 4) is 0 Å². The van der Waals surface area contributed by atoms with Crippen LogP contribution in [-0.2, 0) is 0 Å². The van der Waals surface area contributed by atoms with Gasteiger partial charge in [0.15, 0.2) is 0 Å². The van der Waals surface area contributed by atoms with E-state index in [0.29, 0.717) is 0 Å². The third-order valence-corrected chi connectivity index (χ3v) is 52.6. The van der Waals surface area contributed by atoms with Crippen molar-refractivity contribution in [2.45, 2.75) is 12.8 Å². The number of hydrogen-bond donors (Lipinski definition) is 0. The Kier molecular flexibility index (Phi) is 4.09. The van der Waals surface area contributed by atoms with Crippen LogP contribution in [0.1, 0.15) is 12.8 Å². The molecule has 0 unspecified atom stereocenters. The molecule has 11 heavy (non-hydrogen) atoms. The van der Waals surface area contributed by atoms with Gasteiger partial charge in [-0.15, -0.1) is 0 Å². The van der Waals surface area contributed by atoms with Crippen molar-refractivity contribution in [3.05, 3.63) is 0 Å². The summed E-state index contributed by atoms with van der Waals surface area (Å²) in [6.45, 7) is 0. The zero-order valence-corrected chi connectivity index (χ0v) is 12.5. The van der Waals surface area contributed by atoms with Gasteiger partial charge in [-0.3, -0.25) is 0 Å². The van der Waals surface area contributed by atoms with Crippen molar-refractivity contribution < 1.29 is 0 Å². The van der Waals surface area contributed by atoms with Crippen LogP contribution in [0.2, 0.25) is 0 Å². The Bertz CT molecular complexity index is 109. The van der Waals surface area contributed by atoms with E-state index in [-0.39, 0.29) is 0 Å². The van der Waals surface area contributed by atoms with Gasteiger partial charge < -0.3 is 0 Å². The molecule has 2 aliphatic rings. The molecule has 5 heteroatoms. The van der Waals surface area contributed by atoms with Gasteiger partial charge >= 0.3 is 84.5 Å². The Balaban J connectivity index is 1.94. The van der Waals surface area contributed by atoms with Crippen molar-refractivity contribution in [1.82, 2.24) is 0 Å². The fraction of sp³-hybridized carbons (Fsp3) is 1.00. The third kappa shape index (κ3) is 2.57. The van der Waals surface area contributed by atoms with Gasteiger partial charge in [-0.25, -0.2) is 0 Å². The molecule has 2 fully saturated rings. The molecular formula is C6H12S4Sn. The van der Waals surface area contributed by atoms with Crippen LogP contribution in [0.4, 0.5) is 0 Å². The molecule has 0 amide bonds. The first kappa shape index (κ1) is 9.74. The molecule has 0 atom stereocenters. The molecule has 2 saturated heterocycles. The van der Waals surface area contributed by atoms with Crippen LogP contribution < -0.4 is 0 Å². The van der Waals surface area contributed by atoms with Crippen molar-refractivity contribution in [3.63, 3.8) is 0 Å². The molecule has 1 spiro atoms. The van der Waals surface area contributed by atoms with E-state index in [1.54, 1.807) is 0 Å². The van der Waals surface area contributed by atoms with E-state index in [1.165, 1.54) is 35.9 Å². The average molecular weight is 331 g/mol. The van der Waals surface area contributed by atoms with Gasteiger partial charge in [0.1, 0.15) is 0 Å². The van der Waals surface area contributed by atoms with Crippen LogP contribution in [-0.4, -0.2) is 35.9 Å². The first-order valence-corrected chi connectivity index (χ1v) is 21.9. The first-order valence-electron chi connectivity index (χ1n) is 3.97. The second-order valence-corrected chi connectivity index (χ2v) is 45.0. The molecule has 0 aromatic rings. The SMILES string of the molecule is C1C[S][Sn]2([S]C1)[S]CCC[S]2. The Morgan fingerprint density at radius 1 is 0.636 bits per heavy atom. The third-order valence-electron chi connectivity index (χ3n) is 1.69. The summed E-state index contributed by atoms with van der Waals surface area (Å²) >= 11 is -1.63. The normalized spacial score (nSPS) is 30.5. The van der Waals surface area contributed by atoms with Crippen molar-refractivity contribution in [2.24, 2.45) is 0 Å². The van der Waals surface area contributed by atoms with Crippen LogP contribution in [0.3, 0.4) is 0 Å². The summed E-state index contributed by atoms with van der Waals surface area (Å²) in [4.78, 5) is 0. The average Bonchev–Trinajstić information content (AvgIpc) is 2.07. The maximum absolute atomic E-state index is 2.39. The van der Waals surface area contributed by atoms with E-state index in [1.807, 2.05) is 0 Å². The van der Waals surface area contributed by atoms with E-state index in [4.69, 9.17) is 0 Å². The molecule has 0 aromatic carbocycles. The molecule has 2 heterocycles. The van der Waals surface area contributed by atoms with Crippen molar-refractivity contribution in [2.75, 3.05) is 23.0 Å². The second-order valence-electron chi connectivity index (χ2n) is 2.60. The van der Waals surface area contributed by atoms with Crippen LogP contribution >= 0.6 is 35.8 Å². The summed E-state index contributed by atoms with van der Waals surface area (Å²) in [5, 5.41) is 0. The van der Waals surface area contributed by atoms with E-state index in [0.717, 1.165) is 0 Å². The second kappa shape index (κ2) is 4.62. The summed E-state index contributed by atoms with van der Waals surface area (Å²) < 4.78 is 0. The molecule has 0 radical (unpaired) electrons. The van der Waals surface area contributed by atoms with Gasteiger partial charge in [-0.05, 0) is 0 Å². The molecule has 0 aromatic heterocycles. The summed E-state index contributed by atoms with van der Waals surface area (Å²) in [5.41, 5.74) is 0. The van der Waals surface area contributed by atoms with Crippen molar-refractivity contribution >= 4 is 48.6 Å². The zero-order valence-electron chi connectivity index (χ0n) is 6.38. The molecule has 0 nitrogen and oxygen atoms in total. The minimum atomic E-state index is -1.63. The molecule has 0 saturated carbocycles. The van der Waals surface area contributed by atoms with Crippen LogP contribution in [0.15, 0.2) is 0 Å². The molecule has 2 rings (SSSR count). The standard InChI is InChI=1S/2C3H8S2.Sn/c2*4-2-1-3-5;/h2*4-5H,1-3H2;/q;;+4/p-4. The van der Waals surface area contributed by atoms with E-state index >= 15 is 0 Å². The molecule has 0 aliphatic carbocycles. The Hall–Kier alpha value is 2.20. The predicted octanol–water partition coefficient (Wildman–Crippen LogP) is 3.16. The van der Waals surface area contributed by atoms with E-state index < -0.39 is 12.8 Å². The Morgan fingerprint density at radius 2 is 1.00 bits per heavy atom. The van der Waals surface area contributed by atoms with E-state index in [2.05, 4.69) is 35.8 Å².